The number of thiophene rings is 1. The number of nitrogens with zero attached hydrogens (tertiary/aromatic N) is 4. The summed E-state index contributed by atoms with van der Waals surface area (Å²) in [4.78, 5) is 31.7. The summed E-state index contributed by atoms with van der Waals surface area (Å²) in [5, 5.41) is 13.2. The van der Waals surface area contributed by atoms with E-state index < -0.39 is 0 Å². The van der Waals surface area contributed by atoms with E-state index >= 15 is 0 Å². The van der Waals surface area contributed by atoms with E-state index in [2.05, 4.69) is 25.7 Å². The van der Waals surface area contributed by atoms with Crippen molar-refractivity contribution in [3.63, 3.8) is 0 Å². The number of hydrogen-bond donors (Lipinski definition) is 2. The number of carbonyl (C=O) groups excluding carboxylic acids is 2. The van der Waals surface area contributed by atoms with Crippen LogP contribution < -0.4 is 10.6 Å². The largest absolute Gasteiger partial charge is 0.352 e. The first-order valence-electron chi connectivity index (χ1n) is 7.64. The third kappa shape index (κ3) is 4.70. The molecule has 0 spiro atoms. The van der Waals surface area contributed by atoms with Crippen molar-refractivity contribution < 1.29 is 9.59 Å². The first kappa shape index (κ1) is 16.8. The zero-order valence-corrected chi connectivity index (χ0v) is 14.1. The number of hydrogen-bond acceptors (Lipinski definition) is 6. The highest BCUT2D eigenvalue weighted by Gasteiger charge is 2.07. The number of carbonyl (C=O) groups is 2. The molecule has 0 aliphatic heterocycles. The van der Waals surface area contributed by atoms with Crippen LogP contribution in [0.1, 0.15) is 23.2 Å². The van der Waals surface area contributed by atoms with Crippen molar-refractivity contribution in [2.24, 2.45) is 0 Å². The summed E-state index contributed by atoms with van der Waals surface area (Å²) in [6, 6.07) is 5.26. The molecule has 0 atom stereocenters. The molecule has 3 aromatic rings. The van der Waals surface area contributed by atoms with Crippen LogP contribution in [0, 0.1) is 0 Å². The van der Waals surface area contributed by atoms with Crippen molar-refractivity contribution in [2.45, 2.75) is 12.8 Å². The lowest BCUT2D eigenvalue weighted by Gasteiger charge is -2.06. The van der Waals surface area contributed by atoms with Crippen molar-refractivity contribution >= 4 is 28.8 Å². The molecule has 0 unspecified atom stereocenters. The number of amides is 2. The average Bonchev–Trinajstić information content (AvgIpc) is 3.32. The van der Waals surface area contributed by atoms with Gasteiger partial charge in [0.15, 0.2) is 5.82 Å². The summed E-state index contributed by atoms with van der Waals surface area (Å²) in [6.45, 7) is 0.450. The van der Waals surface area contributed by atoms with E-state index in [0.717, 1.165) is 0 Å². The molecule has 9 heteroatoms. The second-order valence-corrected chi connectivity index (χ2v) is 5.94. The van der Waals surface area contributed by atoms with Crippen molar-refractivity contribution in [1.82, 2.24) is 25.1 Å². The molecule has 8 nitrogen and oxygen atoms in total. The Hall–Kier alpha value is -3.07. The Morgan fingerprint density at radius 3 is 2.84 bits per heavy atom. The third-order valence-corrected chi connectivity index (χ3v) is 4.02. The van der Waals surface area contributed by atoms with Crippen molar-refractivity contribution in [1.29, 1.82) is 0 Å². The fourth-order valence-corrected chi connectivity index (χ4v) is 2.73. The van der Waals surface area contributed by atoms with Crippen LogP contribution in [-0.4, -0.2) is 38.1 Å². The molecule has 0 aliphatic rings. The maximum absolute atomic E-state index is 11.9. The van der Waals surface area contributed by atoms with Gasteiger partial charge in [-0.2, -0.15) is 16.4 Å². The van der Waals surface area contributed by atoms with Crippen LogP contribution >= 0.6 is 11.3 Å². The number of rotatable bonds is 7. The molecule has 3 heterocycles. The Kier molecular flexibility index (Phi) is 5.47. The van der Waals surface area contributed by atoms with E-state index in [4.69, 9.17) is 0 Å². The molecule has 25 heavy (non-hydrogen) atoms. The van der Waals surface area contributed by atoms with Crippen LogP contribution in [0.4, 0.5) is 5.69 Å². The lowest BCUT2D eigenvalue weighted by atomic mass is 10.2. The maximum Gasteiger partial charge on any atom is 0.252 e. The number of anilines is 1. The monoisotopic (exact) mass is 356 g/mol. The van der Waals surface area contributed by atoms with Gasteiger partial charge in [0.25, 0.3) is 5.91 Å². The standard InChI is InChI=1S/C16H16N6O2S/c23-15(2-1-6-18-16(24)12-5-7-25-9-12)21-13-3-4-14(19-8-13)22-11-17-10-20-22/h3-5,7-11H,1-2,6H2,(H,18,24)(H,21,23). The molecule has 2 amide bonds. The van der Waals surface area contributed by atoms with Crippen molar-refractivity contribution in [3.05, 3.63) is 53.4 Å². The van der Waals surface area contributed by atoms with E-state index in [1.165, 1.54) is 22.3 Å². The Bertz CT molecular complexity index is 815. The van der Waals surface area contributed by atoms with Gasteiger partial charge in [-0.05, 0) is 30.0 Å². The topological polar surface area (TPSA) is 102 Å². The quantitative estimate of drug-likeness (QED) is 0.629. The SMILES string of the molecule is O=C(CCCNC(=O)c1ccsc1)Nc1ccc(-n2cncn2)nc1. The molecule has 3 aromatic heterocycles. The Morgan fingerprint density at radius 1 is 1.24 bits per heavy atom. The highest BCUT2D eigenvalue weighted by Crippen LogP contribution is 2.09. The molecular formula is C16H16N6O2S. The van der Waals surface area contributed by atoms with Gasteiger partial charge in [0.1, 0.15) is 12.7 Å². The first-order chi connectivity index (χ1) is 12.2. The first-order valence-corrected chi connectivity index (χ1v) is 8.58. The molecule has 3 rings (SSSR count). The molecule has 0 saturated carbocycles. The van der Waals surface area contributed by atoms with E-state index in [9.17, 15) is 9.59 Å². The van der Waals surface area contributed by atoms with Gasteiger partial charge in [0, 0.05) is 23.9 Å². The summed E-state index contributed by atoms with van der Waals surface area (Å²) in [7, 11) is 0. The molecular weight excluding hydrogens is 340 g/mol. The summed E-state index contributed by atoms with van der Waals surface area (Å²) in [5.74, 6) is 0.376. The summed E-state index contributed by atoms with van der Waals surface area (Å²) < 4.78 is 1.53. The van der Waals surface area contributed by atoms with Gasteiger partial charge in [-0.15, -0.1) is 0 Å². The van der Waals surface area contributed by atoms with Gasteiger partial charge in [-0.25, -0.2) is 14.6 Å². The van der Waals surface area contributed by atoms with Gasteiger partial charge < -0.3 is 10.6 Å². The maximum atomic E-state index is 11.9. The second-order valence-electron chi connectivity index (χ2n) is 5.16. The van der Waals surface area contributed by atoms with Crippen molar-refractivity contribution in [3.8, 4) is 5.82 Å². The molecule has 128 valence electrons. The molecule has 0 bridgehead atoms. The van der Waals surface area contributed by atoms with Crippen LogP contribution in [0.15, 0.2) is 47.8 Å². The van der Waals surface area contributed by atoms with Crippen LogP contribution in [0.2, 0.25) is 0 Å². The fourth-order valence-electron chi connectivity index (χ4n) is 2.09. The van der Waals surface area contributed by atoms with Gasteiger partial charge in [-0.1, -0.05) is 0 Å². The van der Waals surface area contributed by atoms with Crippen LogP contribution in [0.25, 0.3) is 5.82 Å². The highest BCUT2D eigenvalue weighted by atomic mass is 32.1. The van der Waals surface area contributed by atoms with E-state index in [-0.39, 0.29) is 11.8 Å². The molecule has 0 radical (unpaired) electrons. The number of aromatic nitrogens is 4. The van der Waals surface area contributed by atoms with Crippen molar-refractivity contribution in [2.75, 3.05) is 11.9 Å². The minimum Gasteiger partial charge on any atom is -0.352 e. The van der Waals surface area contributed by atoms with E-state index in [1.54, 1.807) is 36.1 Å². The van der Waals surface area contributed by atoms with Crippen LogP contribution in [0.3, 0.4) is 0 Å². The Labute approximate surface area is 147 Å². The van der Waals surface area contributed by atoms with Gasteiger partial charge in [0.2, 0.25) is 5.91 Å². The van der Waals surface area contributed by atoms with Gasteiger partial charge >= 0.3 is 0 Å². The molecule has 0 fully saturated rings. The predicted octanol–water partition coefficient (Wildman–Crippen LogP) is 1.87. The van der Waals surface area contributed by atoms with E-state index in [1.807, 2.05) is 5.38 Å². The molecule has 0 aromatic carbocycles. The minimum atomic E-state index is -0.125. The smallest absolute Gasteiger partial charge is 0.252 e. The zero-order chi connectivity index (χ0) is 17.5. The number of nitrogens with one attached hydrogen (secondary N) is 2. The average molecular weight is 356 g/mol. The van der Waals surface area contributed by atoms with Gasteiger partial charge in [-0.3, -0.25) is 9.59 Å². The molecule has 0 aliphatic carbocycles. The lowest BCUT2D eigenvalue weighted by Crippen LogP contribution is -2.25. The third-order valence-electron chi connectivity index (χ3n) is 3.33. The fraction of sp³-hybridized carbons (Fsp3) is 0.188. The summed E-state index contributed by atoms with van der Waals surface area (Å²) in [5.41, 5.74) is 1.25. The lowest BCUT2D eigenvalue weighted by molar-refractivity contribution is -0.116. The second kappa shape index (κ2) is 8.15. The normalized spacial score (nSPS) is 10.4. The zero-order valence-electron chi connectivity index (χ0n) is 13.3. The highest BCUT2D eigenvalue weighted by molar-refractivity contribution is 7.08. The summed E-state index contributed by atoms with van der Waals surface area (Å²) >= 11 is 1.47. The Balaban J connectivity index is 1.40. The molecule has 0 saturated heterocycles. The van der Waals surface area contributed by atoms with Crippen LogP contribution in [0.5, 0.6) is 0 Å². The Morgan fingerprint density at radius 2 is 2.16 bits per heavy atom. The minimum absolute atomic E-state index is 0.116. The number of pyridine rings is 1. The summed E-state index contributed by atoms with van der Waals surface area (Å²) in [6.07, 6.45) is 5.41. The molecule has 2 N–H and O–H groups in total. The predicted molar refractivity (Wildman–Crippen MR) is 93.7 cm³/mol. The van der Waals surface area contributed by atoms with Gasteiger partial charge in [0.05, 0.1) is 11.9 Å². The van der Waals surface area contributed by atoms with E-state index in [0.29, 0.717) is 36.5 Å². The van der Waals surface area contributed by atoms with Crippen LogP contribution in [-0.2, 0) is 4.79 Å².